The summed E-state index contributed by atoms with van der Waals surface area (Å²) in [6.45, 7) is 0.960. The van der Waals surface area contributed by atoms with Crippen LogP contribution in [-0.2, 0) is 11.3 Å². The molecule has 0 bridgehead atoms. The molecule has 0 aliphatic heterocycles. The quantitative estimate of drug-likeness (QED) is 0.827. The van der Waals surface area contributed by atoms with E-state index in [0.29, 0.717) is 24.1 Å². The highest BCUT2D eigenvalue weighted by Crippen LogP contribution is 2.20. The van der Waals surface area contributed by atoms with E-state index in [9.17, 15) is 4.39 Å². The minimum absolute atomic E-state index is 0.115. The SMILES string of the molecule is OCCCOCc1cccc(F)c1Br. The van der Waals surface area contributed by atoms with E-state index in [2.05, 4.69) is 15.9 Å². The second-order valence-electron chi connectivity index (χ2n) is 2.84. The van der Waals surface area contributed by atoms with E-state index >= 15 is 0 Å². The van der Waals surface area contributed by atoms with Crippen molar-refractivity contribution in [1.29, 1.82) is 0 Å². The Balaban J connectivity index is 2.46. The van der Waals surface area contributed by atoms with Crippen molar-refractivity contribution in [1.82, 2.24) is 0 Å². The van der Waals surface area contributed by atoms with Crippen molar-refractivity contribution < 1.29 is 14.2 Å². The summed E-state index contributed by atoms with van der Waals surface area (Å²) < 4.78 is 18.7. The van der Waals surface area contributed by atoms with E-state index in [1.165, 1.54) is 6.07 Å². The molecule has 1 N–H and O–H groups in total. The summed E-state index contributed by atoms with van der Waals surface area (Å²) in [4.78, 5) is 0. The fraction of sp³-hybridized carbons (Fsp3) is 0.400. The van der Waals surface area contributed by atoms with Crippen LogP contribution in [0, 0.1) is 5.82 Å². The van der Waals surface area contributed by atoms with Gasteiger partial charge in [-0.25, -0.2) is 4.39 Å². The third kappa shape index (κ3) is 3.36. The molecular formula is C10H12BrFO2. The van der Waals surface area contributed by atoms with Gasteiger partial charge in [0.05, 0.1) is 11.1 Å². The summed E-state index contributed by atoms with van der Waals surface area (Å²) in [5.74, 6) is -0.284. The highest BCUT2D eigenvalue weighted by Gasteiger charge is 2.04. The topological polar surface area (TPSA) is 29.5 Å². The molecule has 0 atom stereocenters. The standard InChI is InChI=1S/C10H12BrFO2/c11-10-8(3-1-4-9(10)12)7-14-6-2-5-13/h1,3-4,13H,2,5-7H2. The zero-order chi connectivity index (χ0) is 10.4. The van der Waals surface area contributed by atoms with Gasteiger partial charge in [-0.05, 0) is 34.0 Å². The predicted octanol–water partition coefficient (Wildman–Crippen LogP) is 2.49. The second-order valence-corrected chi connectivity index (χ2v) is 3.64. The van der Waals surface area contributed by atoms with Crippen molar-refractivity contribution in [3.63, 3.8) is 0 Å². The lowest BCUT2D eigenvalue weighted by Gasteiger charge is -2.05. The van der Waals surface area contributed by atoms with E-state index in [1.54, 1.807) is 12.1 Å². The molecule has 0 aliphatic rings. The summed E-state index contributed by atoms with van der Waals surface area (Å²) in [6.07, 6.45) is 0.604. The van der Waals surface area contributed by atoms with Gasteiger partial charge in [-0.3, -0.25) is 0 Å². The van der Waals surface area contributed by atoms with E-state index in [0.717, 1.165) is 5.56 Å². The van der Waals surface area contributed by atoms with Gasteiger partial charge in [0.15, 0.2) is 0 Å². The van der Waals surface area contributed by atoms with E-state index in [-0.39, 0.29) is 12.4 Å². The molecule has 0 fully saturated rings. The Morgan fingerprint density at radius 1 is 1.43 bits per heavy atom. The molecule has 1 aromatic rings. The summed E-state index contributed by atoms with van der Waals surface area (Å²) in [7, 11) is 0. The van der Waals surface area contributed by atoms with Gasteiger partial charge < -0.3 is 9.84 Å². The third-order valence-corrected chi connectivity index (χ3v) is 2.62. The van der Waals surface area contributed by atoms with Crippen molar-refractivity contribution >= 4 is 15.9 Å². The number of hydrogen-bond acceptors (Lipinski definition) is 2. The highest BCUT2D eigenvalue weighted by molar-refractivity contribution is 9.10. The number of hydrogen-bond donors (Lipinski definition) is 1. The van der Waals surface area contributed by atoms with E-state index < -0.39 is 0 Å². The Hall–Kier alpha value is -0.450. The van der Waals surface area contributed by atoms with Crippen molar-refractivity contribution in [2.45, 2.75) is 13.0 Å². The van der Waals surface area contributed by atoms with Crippen LogP contribution in [0.3, 0.4) is 0 Å². The zero-order valence-electron chi connectivity index (χ0n) is 7.67. The smallest absolute Gasteiger partial charge is 0.137 e. The summed E-state index contributed by atoms with van der Waals surface area (Å²) in [5.41, 5.74) is 0.780. The Morgan fingerprint density at radius 2 is 2.21 bits per heavy atom. The van der Waals surface area contributed by atoms with Crippen molar-refractivity contribution in [3.8, 4) is 0 Å². The maximum Gasteiger partial charge on any atom is 0.137 e. The lowest BCUT2D eigenvalue weighted by atomic mass is 10.2. The Morgan fingerprint density at radius 3 is 2.93 bits per heavy atom. The molecule has 0 aliphatic carbocycles. The lowest BCUT2D eigenvalue weighted by Crippen LogP contribution is -1.99. The first-order valence-corrected chi connectivity index (χ1v) is 5.16. The first-order valence-electron chi connectivity index (χ1n) is 4.37. The Bertz CT molecular complexity index is 291. The van der Waals surface area contributed by atoms with Gasteiger partial charge in [0.25, 0.3) is 0 Å². The number of aliphatic hydroxyl groups excluding tert-OH is 1. The van der Waals surface area contributed by atoms with Crippen molar-refractivity contribution in [2.75, 3.05) is 13.2 Å². The highest BCUT2D eigenvalue weighted by atomic mass is 79.9. The molecule has 1 aromatic carbocycles. The van der Waals surface area contributed by atoms with Crippen LogP contribution in [0.15, 0.2) is 22.7 Å². The predicted molar refractivity (Wildman–Crippen MR) is 55.5 cm³/mol. The lowest BCUT2D eigenvalue weighted by molar-refractivity contribution is 0.103. The van der Waals surface area contributed by atoms with Gasteiger partial charge in [-0.2, -0.15) is 0 Å². The van der Waals surface area contributed by atoms with Crippen LogP contribution < -0.4 is 0 Å². The Labute approximate surface area is 90.8 Å². The molecule has 0 heterocycles. The molecule has 0 saturated heterocycles. The molecule has 1 rings (SSSR count). The van der Waals surface area contributed by atoms with Crippen LogP contribution >= 0.6 is 15.9 Å². The molecule has 0 amide bonds. The van der Waals surface area contributed by atoms with Crippen molar-refractivity contribution in [2.24, 2.45) is 0 Å². The maximum absolute atomic E-state index is 13.0. The summed E-state index contributed by atoms with van der Waals surface area (Å²) >= 11 is 3.14. The molecule has 14 heavy (non-hydrogen) atoms. The molecule has 78 valence electrons. The normalized spacial score (nSPS) is 10.5. The molecular weight excluding hydrogens is 251 g/mol. The molecule has 0 radical (unpaired) electrons. The van der Waals surface area contributed by atoms with Gasteiger partial charge in [0, 0.05) is 13.2 Å². The number of benzene rings is 1. The molecule has 2 nitrogen and oxygen atoms in total. The summed E-state index contributed by atoms with van der Waals surface area (Å²) in [5, 5.41) is 8.51. The van der Waals surface area contributed by atoms with Gasteiger partial charge in [-0.15, -0.1) is 0 Å². The zero-order valence-corrected chi connectivity index (χ0v) is 9.26. The molecule has 0 unspecified atom stereocenters. The van der Waals surface area contributed by atoms with Crippen LogP contribution in [-0.4, -0.2) is 18.3 Å². The Kier molecular flexibility index (Phi) is 5.07. The third-order valence-electron chi connectivity index (χ3n) is 1.74. The monoisotopic (exact) mass is 262 g/mol. The first-order chi connectivity index (χ1) is 6.75. The largest absolute Gasteiger partial charge is 0.396 e. The molecule has 0 saturated carbocycles. The van der Waals surface area contributed by atoms with Gasteiger partial charge in [-0.1, -0.05) is 12.1 Å². The minimum Gasteiger partial charge on any atom is -0.396 e. The van der Waals surface area contributed by atoms with Crippen LogP contribution in [0.5, 0.6) is 0 Å². The van der Waals surface area contributed by atoms with Crippen LogP contribution in [0.25, 0.3) is 0 Å². The number of rotatable bonds is 5. The minimum atomic E-state index is -0.284. The fourth-order valence-electron chi connectivity index (χ4n) is 1.01. The van der Waals surface area contributed by atoms with Gasteiger partial charge >= 0.3 is 0 Å². The van der Waals surface area contributed by atoms with Crippen LogP contribution in [0.1, 0.15) is 12.0 Å². The van der Waals surface area contributed by atoms with E-state index in [1.807, 2.05) is 0 Å². The maximum atomic E-state index is 13.0. The fourth-order valence-corrected chi connectivity index (χ4v) is 1.39. The first kappa shape index (κ1) is 11.6. The van der Waals surface area contributed by atoms with E-state index in [4.69, 9.17) is 9.84 Å². The molecule has 0 spiro atoms. The average Bonchev–Trinajstić information content (AvgIpc) is 2.19. The molecule has 0 aromatic heterocycles. The molecule has 4 heteroatoms. The van der Waals surface area contributed by atoms with Gasteiger partial charge in [0.2, 0.25) is 0 Å². The number of halogens is 2. The number of ether oxygens (including phenoxy) is 1. The summed E-state index contributed by atoms with van der Waals surface area (Å²) in [6, 6.07) is 4.83. The van der Waals surface area contributed by atoms with Crippen molar-refractivity contribution in [3.05, 3.63) is 34.1 Å². The van der Waals surface area contributed by atoms with Crippen LogP contribution in [0.2, 0.25) is 0 Å². The van der Waals surface area contributed by atoms with Crippen LogP contribution in [0.4, 0.5) is 4.39 Å². The van der Waals surface area contributed by atoms with Gasteiger partial charge in [0.1, 0.15) is 5.82 Å². The average molecular weight is 263 g/mol. The number of aliphatic hydroxyl groups is 1. The second kappa shape index (κ2) is 6.11.